The van der Waals surface area contributed by atoms with E-state index < -0.39 is 17.1 Å². The van der Waals surface area contributed by atoms with Gasteiger partial charge < -0.3 is 5.32 Å². The Hall–Kier alpha value is -3.26. The summed E-state index contributed by atoms with van der Waals surface area (Å²) in [6, 6.07) is 23.5. The molecule has 1 aliphatic heterocycles. The topological polar surface area (TPSA) is 44.7 Å². The quantitative estimate of drug-likeness (QED) is 0.553. The van der Waals surface area contributed by atoms with Gasteiger partial charge >= 0.3 is 12.2 Å². The second kappa shape index (κ2) is 7.87. The number of hydrogen-bond acceptors (Lipinski definition) is 3. The van der Waals surface area contributed by atoms with Crippen molar-refractivity contribution in [1.82, 2.24) is 5.32 Å². The fraction of sp³-hybridized carbons (Fsp3) is 0.0909. The molecule has 0 aromatic heterocycles. The molecule has 2 amide bonds. The van der Waals surface area contributed by atoms with Crippen LogP contribution >= 0.6 is 11.8 Å². The van der Waals surface area contributed by atoms with Crippen LogP contribution in [0.1, 0.15) is 5.56 Å². The molecule has 3 aromatic rings. The summed E-state index contributed by atoms with van der Waals surface area (Å²) in [7, 11) is 0. The minimum Gasteiger partial charge on any atom is -0.311 e. The van der Waals surface area contributed by atoms with Gasteiger partial charge in [-0.3, -0.25) is 0 Å². The summed E-state index contributed by atoms with van der Waals surface area (Å²) in [5.41, 5.74) is 0.783. The monoisotopic (exact) mass is 427 g/mol. The molecule has 0 spiro atoms. The lowest BCUT2D eigenvalue weighted by Gasteiger charge is -2.43. The number of hydrogen-bond donors (Lipinski definition) is 1. The maximum Gasteiger partial charge on any atom is 0.425 e. The fourth-order valence-corrected chi connectivity index (χ4v) is 4.30. The number of halogens is 3. The van der Waals surface area contributed by atoms with Crippen LogP contribution < -0.4 is 10.2 Å². The fourth-order valence-electron chi connectivity index (χ4n) is 3.09. The molecule has 4 nitrogen and oxygen atoms in total. The minimum atomic E-state index is -4.77. The van der Waals surface area contributed by atoms with Gasteiger partial charge in [0.1, 0.15) is 0 Å². The van der Waals surface area contributed by atoms with Gasteiger partial charge in [-0.2, -0.15) is 13.2 Å². The van der Waals surface area contributed by atoms with E-state index in [1.54, 1.807) is 66.7 Å². The van der Waals surface area contributed by atoms with Gasteiger partial charge in [0.15, 0.2) is 5.17 Å². The number of nitrogens with one attached hydrogen (secondary N) is 1. The predicted molar refractivity (Wildman–Crippen MR) is 113 cm³/mol. The van der Waals surface area contributed by atoms with E-state index in [-0.39, 0.29) is 10.7 Å². The van der Waals surface area contributed by atoms with Crippen molar-refractivity contribution in [3.05, 3.63) is 96.6 Å². The highest BCUT2D eigenvalue weighted by Crippen LogP contribution is 2.51. The molecular formula is C22H16F3N3OS. The number of benzene rings is 3. The van der Waals surface area contributed by atoms with Gasteiger partial charge in [-0.05, 0) is 41.6 Å². The summed E-state index contributed by atoms with van der Waals surface area (Å²) in [5, 5.41) is 2.12. The van der Waals surface area contributed by atoms with Crippen molar-refractivity contribution in [2.24, 2.45) is 4.99 Å². The first-order valence-corrected chi connectivity index (χ1v) is 9.85. The lowest BCUT2D eigenvalue weighted by Crippen LogP contribution is -2.63. The van der Waals surface area contributed by atoms with E-state index in [0.29, 0.717) is 23.1 Å². The van der Waals surface area contributed by atoms with Crippen molar-refractivity contribution in [3.63, 3.8) is 0 Å². The third-order valence-corrected chi connectivity index (χ3v) is 5.83. The van der Waals surface area contributed by atoms with E-state index in [2.05, 4.69) is 10.3 Å². The van der Waals surface area contributed by atoms with Crippen LogP contribution in [-0.2, 0) is 4.87 Å². The zero-order valence-corrected chi connectivity index (χ0v) is 16.3. The standard InChI is InChI=1S/C22H16F3N3OS/c23-22(24,25)21(16-10-4-1-5-11-16)27-19(29)28(18-14-8-3-9-15-18)20(30-21)26-17-12-6-2-7-13-17/h1-15H,(H,27,29). The highest BCUT2D eigenvalue weighted by Gasteiger charge is 2.62. The van der Waals surface area contributed by atoms with E-state index in [1.165, 1.54) is 24.3 Å². The Morgan fingerprint density at radius 1 is 0.833 bits per heavy atom. The van der Waals surface area contributed by atoms with Gasteiger partial charge in [-0.15, -0.1) is 0 Å². The van der Waals surface area contributed by atoms with Crippen LogP contribution in [0.3, 0.4) is 0 Å². The lowest BCUT2D eigenvalue weighted by molar-refractivity contribution is -0.167. The van der Waals surface area contributed by atoms with Crippen molar-refractivity contribution < 1.29 is 18.0 Å². The molecule has 0 aliphatic carbocycles. The number of para-hydroxylation sites is 2. The molecule has 0 bridgehead atoms. The Balaban J connectivity index is 1.89. The number of aliphatic imine (C=N–C) groups is 1. The Labute approximate surface area is 175 Å². The van der Waals surface area contributed by atoms with Gasteiger partial charge in [0, 0.05) is 0 Å². The Bertz CT molecular complexity index is 1060. The van der Waals surface area contributed by atoms with Crippen LogP contribution in [0.15, 0.2) is 96.0 Å². The number of carbonyl (C=O) groups is 1. The molecule has 1 unspecified atom stereocenters. The first-order chi connectivity index (χ1) is 14.4. The van der Waals surface area contributed by atoms with Crippen LogP contribution in [0.5, 0.6) is 0 Å². The van der Waals surface area contributed by atoms with Crippen LogP contribution in [0.25, 0.3) is 0 Å². The van der Waals surface area contributed by atoms with E-state index in [4.69, 9.17) is 0 Å². The SMILES string of the molecule is O=C1NC(c2ccccc2)(C(F)(F)F)SC(=Nc2ccccc2)N1c1ccccc1. The predicted octanol–water partition coefficient (Wildman–Crippen LogP) is 6.05. The van der Waals surface area contributed by atoms with Crippen molar-refractivity contribution in [2.75, 3.05) is 4.90 Å². The zero-order chi connectivity index (χ0) is 21.2. The summed E-state index contributed by atoms with van der Waals surface area (Å²) < 4.78 is 43.2. The first kappa shape index (κ1) is 20.0. The van der Waals surface area contributed by atoms with Crippen molar-refractivity contribution >= 4 is 34.3 Å². The summed E-state index contributed by atoms with van der Waals surface area (Å²) >= 11 is 0.459. The van der Waals surface area contributed by atoms with Crippen LogP contribution in [-0.4, -0.2) is 17.4 Å². The number of anilines is 1. The minimum absolute atomic E-state index is 0.0719. The van der Waals surface area contributed by atoms with Gasteiger partial charge in [0.25, 0.3) is 0 Å². The number of amides is 2. The van der Waals surface area contributed by atoms with Crippen molar-refractivity contribution in [1.29, 1.82) is 0 Å². The molecule has 4 rings (SSSR count). The maximum absolute atomic E-state index is 14.4. The van der Waals surface area contributed by atoms with Gasteiger partial charge in [-0.1, -0.05) is 66.7 Å². The zero-order valence-electron chi connectivity index (χ0n) is 15.5. The van der Waals surface area contributed by atoms with Crippen LogP contribution in [0.4, 0.5) is 29.3 Å². The molecule has 0 saturated carbocycles. The third-order valence-electron chi connectivity index (χ3n) is 4.50. The average molecular weight is 427 g/mol. The van der Waals surface area contributed by atoms with Gasteiger partial charge in [0.05, 0.1) is 11.4 Å². The molecule has 1 saturated heterocycles. The van der Waals surface area contributed by atoms with E-state index in [1.807, 2.05) is 0 Å². The van der Waals surface area contributed by atoms with Crippen molar-refractivity contribution in [2.45, 2.75) is 11.0 Å². The third kappa shape index (κ3) is 3.66. The number of amidine groups is 1. The molecule has 8 heteroatoms. The molecule has 30 heavy (non-hydrogen) atoms. The number of carbonyl (C=O) groups excluding carboxylic acids is 1. The number of thioether (sulfide) groups is 1. The maximum atomic E-state index is 14.4. The highest BCUT2D eigenvalue weighted by atomic mass is 32.2. The first-order valence-electron chi connectivity index (χ1n) is 9.03. The molecule has 0 radical (unpaired) electrons. The summed E-state index contributed by atoms with van der Waals surface area (Å²) in [5.74, 6) is 0. The highest BCUT2D eigenvalue weighted by molar-refractivity contribution is 8.15. The van der Waals surface area contributed by atoms with Gasteiger partial charge in [0.2, 0.25) is 4.87 Å². The Morgan fingerprint density at radius 3 is 1.93 bits per heavy atom. The number of nitrogens with zero attached hydrogens (tertiary/aromatic N) is 2. The normalized spacial score (nSPS) is 20.8. The molecule has 1 atom stereocenters. The lowest BCUT2D eigenvalue weighted by atomic mass is 10.1. The summed E-state index contributed by atoms with van der Waals surface area (Å²) in [6.45, 7) is 0. The smallest absolute Gasteiger partial charge is 0.311 e. The van der Waals surface area contributed by atoms with E-state index in [9.17, 15) is 18.0 Å². The van der Waals surface area contributed by atoms with E-state index >= 15 is 0 Å². The van der Waals surface area contributed by atoms with Crippen LogP contribution in [0, 0.1) is 0 Å². The Morgan fingerprint density at radius 2 is 1.37 bits per heavy atom. The summed E-state index contributed by atoms with van der Waals surface area (Å²) in [6.07, 6.45) is -4.77. The molecule has 152 valence electrons. The average Bonchev–Trinajstić information content (AvgIpc) is 2.74. The summed E-state index contributed by atoms with van der Waals surface area (Å²) in [4.78, 5) is 16.0. The number of rotatable bonds is 3. The molecule has 1 heterocycles. The number of urea groups is 1. The van der Waals surface area contributed by atoms with Crippen LogP contribution in [0.2, 0.25) is 0 Å². The second-order valence-electron chi connectivity index (χ2n) is 6.48. The van der Waals surface area contributed by atoms with E-state index in [0.717, 1.165) is 4.90 Å². The molecule has 1 aliphatic rings. The number of alkyl halides is 3. The van der Waals surface area contributed by atoms with Gasteiger partial charge in [-0.25, -0.2) is 14.7 Å². The largest absolute Gasteiger partial charge is 0.425 e. The second-order valence-corrected chi connectivity index (χ2v) is 7.66. The molecule has 1 N–H and O–H groups in total. The Kier molecular flexibility index (Phi) is 5.26. The molecule has 3 aromatic carbocycles. The molecular weight excluding hydrogens is 411 g/mol. The molecule has 1 fully saturated rings. The van der Waals surface area contributed by atoms with Crippen molar-refractivity contribution in [3.8, 4) is 0 Å².